The van der Waals surface area contributed by atoms with E-state index in [0.29, 0.717) is 36.3 Å². The standard InChI is InChI=1S/C16H22N2O5S/c1-9(20)11-12-10(5-2-3-7-19)14(24-8-4-6-17)13(16(22)23)18(12)15(11)21/h9-12,19-20H,2-5,7-8H2,1H3,(H,22,23)/t9-,10-,11-,12-/m1/s1. The summed E-state index contributed by atoms with van der Waals surface area (Å²) in [6.07, 6.45) is 1.42. The normalized spacial score (nSPS) is 26.8. The summed E-state index contributed by atoms with van der Waals surface area (Å²) in [5.74, 6) is -1.79. The Morgan fingerprint density at radius 3 is 2.71 bits per heavy atom. The van der Waals surface area contributed by atoms with Crippen LogP contribution in [0.25, 0.3) is 0 Å². The number of carboxylic acid groups (broad SMARTS) is 1. The van der Waals surface area contributed by atoms with Crippen molar-refractivity contribution in [2.24, 2.45) is 11.8 Å². The number of amides is 1. The van der Waals surface area contributed by atoms with Crippen LogP contribution in [-0.2, 0) is 9.59 Å². The molecule has 1 amide bonds. The molecule has 0 aromatic heterocycles. The molecule has 0 spiro atoms. The van der Waals surface area contributed by atoms with E-state index < -0.39 is 18.0 Å². The molecule has 24 heavy (non-hydrogen) atoms. The van der Waals surface area contributed by atoms with Gasteiger partial charge in [0.15, 0.2) is 0 Å². The summed E-state index contributed by atoms with van der Waals surface area (Å²) in [4.78, 5) is 25.9. The second kappa shape index (κ2) is 8.01. The molecule has 0 aromatic rings. The van der Waals surface area contributed by atoms with Gasteiger partial charge in [-0.15, -0.1) is 11.8 Å². The first-order valence-electron chi connectivity index (χ1n) is 8.04. The Bertz CT molecular complexity index is 584. The van der Waals surface area contributed by atoms with Gasteiger partial charge in [0.2, 0.25) is 5.91 Å². The quantitative estimate of drug-likeness (QED) is 0.416. The lowest BCUT2D eigenvalue weighted by Gasteiger charge is -2.47. The van der Waals surface area contributed by atoms with Gasteiger partial charge in [-0.25, -0.2) is 4.79 Å². The van der Waals surface area contributed by atoms with Gasteiger partial charge >= 0.3 is 5.97 Å². The Hall–Kier alpha value is -1.56. The van der Waals surface area contributed by atoms with Crippen molar-refractivity contribution in [3.63, 3.8) is 0 Å². The second-order valence-corrected chi connectivity index (χ2v) is 7.20. The Kier molecular flexibility index (Phi) is 6.27. The minimum absolute atomic E-state index is 0.00108. The maximum absolute atomic E-state index is 12.3. The first-order chi connectivity index (χ1) is 11.5. The number of aliphatic hydroxyl groups is 2. The van der Waals surface area contributed by atoms with Crippen LogP contribution < -0.4 is 0 Å². The molecule has 2 aliphatic heterocycles. The van der Waals surface area contributed by atoms with E-state index in [1.54, 1.807) is 6.92 Å². The number of carbonyl (C=O) groups excluding carboxylic acids is 1. The number of carbonyl (C=O) groups is 2. The molecule has 0 saturated carbocycles. The Morgan fingerprint density at radius 2 is 2.17 bits per heavy atom. The van der Waals surface area contributed by atoms with Crippen LogP contribution in [-0.4, -0.2) is 56.6 Å². The lowest BCUT2D eigenvalue weighted by atomic mass is 9.77. The molecular weight excluding hydrogens is 332 g/mol. The maximum Gasteiger partial charge on any atom is 0.353 e. The van der Waals surface area contributed by atoms with Crippen molar-refractivity contribution < 1.29 is 24.9 Å². The van der Waals surface area contributed by atoms with Crippen molar-refractivity contribution in [1.82, 2.24) is 4.90 Å². The lowest BCUT2D eigenvalue weighted by molar-refractivity contribution is -0.163. The van der Waals surface area contributed by atoms with Crippen molar-refractivity contribution >= 4 is 23.6 Å². The molecule has 2 aliphatic rings. The third-order valence-corrected chi connectivity index (χ3v) is 5.74. The van der Waals surface area contributed by atoms with Gasteiger partial charge in [0.25, 0.3) is 0 Å². The zero-order valence-corrected chi connectivity index (χ0v) is 14.3. The fraction of sp³-hybridized carbons (Fsp3) is 0.688. The lowest BCUT2D eigenvalue weighted by Crippen LogP contribution is -2.63. The molecular formula is C16H22N2O5S. The highest BCUT2D eigenvalue weighted by Crippen LogP contribution is 2.52. The number of unbranched alkanes of at least 4 members (excludes halogenated alkanes) is 1. The van der Waals surface area contributed by atoms with Gasteiger partial charge in [-0.1, -0.05) is 6.42 Å². The molecule has 1 fully saturated rings. The van der Waals surface area contributed by atoms with E-state index in [-0.39, 0.29) is 30.2 Å². The van der Waals surface area contributed by atoms with E-state index in [2.05, 4.69) is 0 Å². The Balaban J connectivity index is 2.30. The summed E-state index contributed by atoms with van der Waals surface area (Å²) in [5.41, 5.74) is -0.00108. The second-order valence-electron chi connectivity index (χ2n) is 6.07. The third kappa shape index (κ3) is 3.29. The average Bonchev–Trinajstić information content (AvgIpc) is 2.78. The Morgan fingerprint density at radius 1 is 1.46 bits per heavy atom. The molecule has 2 rings (SSSR count). The molecule has 4 atom stereocenters. The van der Waals surface area contributed by atoms with Gasteiger partial charge in [0, 0.05) is 29.6 Å². The zero-order valence-electron chi connectivity index (χ0n) is 13.5. The van der Waals surface area contributed by atoms with E-state index in [0.717, 1.165) is 0 Å². The highest BCUT2D eigenvalue weighted by atomic mass is 32.2. The van der Waals surface area contributed by atoms with E-state index in [9.17, 15) is 19.8 Å². The Labute approximate surface area is 144 Å². The van der Waals surface area contributed by atoms with Crippen molar-refractivity contribution in [1.29, 1.82) is 5.26 Å². The molecule has 132 valence electrons. The predicted molar refractivity (Wildman–Crippen MR) is 87.6 cm³/mol. The number of nitriles is 1. The molecule has 2 heterocycles. The molecule has 1 saturated heterocycles. The molecule has 8 heteroatoms. The van der Waals surface area contributed by atoms with Gasteiger partial charge in [0.05, 0.1) is 24.1 Å². The fourth-order valence-corrected chi connectivity index (χ4v) is 4.74. The maximum atomic E-state index is 12.3. The number of thioether (sulfide) groups is 1. The number of fused-ring (bicyclic) bond motifs is 1. The molecule has 0 unspecified atom stereocenters. The average molecular weight is 354 g/mol. The van der Waals surface area contributed by atoms with Crippen LogP contribution >= 0.6 is 11.8 Å². The molecule has 0 radical (unpaired) electrons. The smallest absolute Gasteiger partial charge is 0.353 e. The highest BCUT2D eigenvalue weighted by molar-refractivity contribution is 8.03. The summed E-state index contributed by atoms with van der Waals surface area (Å²) < 4.78 is 0. The number of aliphatic hydroxyl groups excluding tert-OH is 2. The van der Waals surface area contributed by atoms with Gasteiger partial charge in [-0.05, 0) is 19.8 Å². The summed E-state index contributed by atoms with van der Waals surface area (Å²) in [6.45, 7) is 1.61. The van der Waals surface area contributed by atoms with Crippen LogP contribution in [0.2, 0.25) is 0 Å². The van der Waals surface area contributed by atoms with Crippen LogP contribution in [0.5, 0.6) is 0 Å². The van der Waals surface area contributed by atoms with E-state index in [4.69, 9.17) is 10.4 Å². The third-order valence-electron chi connectivity index (χ3n) is 4.53. The van der Waals surface area contributed by atoms with Crippen LogP contribution in [0.4, 0.5) is 0 Å². The largest absolute Gasteiger partial charge is 0.477 e. The highest BCUT2D eigenvalue weighted by Gasteiger charge is 2.60. The van der Waals surface area contributed by atoms with Crippen molar-refractivity contribution in [2.45, 2.75) is 44.8 Å². The monoisotopic (exact) mass is 354 g/mol. The predicted octanol–water partition coefficient (Wildman–Crippen LogP) is 0.930. The number of carboxylic acids is 1. The summed E-state index contributed by atoms with van der Waals surface area (Å²) in [5, 5.41) is 37.2. The van der Waals surface area contributed by atoms with Crippen LogP contribution in [0.3, 0.4) is 0 Å². The van der Waals surface area contributed by atoms with Gasteiger partial charge in [0.1, 0.15) is 5.70 Å². The van der Waals surface area contributed by atoms with Crippen molar-refractivity contribution in [3.8, 4) is 6.07 Å². The van der Waals surface area contributed by atoms with E-state index in [1.807, 2.05) is 6.07 Å². The number of β-lactam (4-membered cyclic amide) rings is 1. The van der Waals surface area contributed by atoms with Crippen molar-refractivity contribution in [2.75, 3.05) is 12.4 Å². The molecule has 7 nitrogen and oxygen atoms in total. The summed E-state index contributed by atoms with van der Waals surface area (Å²) in [7, 11) is 0. The molecule has 3 N–H and O–H groups in total. The minimum Gasteiger partial charge on any atom is -0.477 e. The van der Waals surface area contributed by atoms with Gasteiger partial charge < -0.3 is 20.2 Å². The first kappa shape index (κ1) is 18.8. The molecule has 0 aromatic carbocycles. The number of rotatable bonds is 9. The van der Waals surface area contributed by atoms with Gasteiger partial charge in [-0.2, -0.15) is 5.26 Å². The van der Waals surface area contributed by atoms with Crippen LogP contribution in [0.1, 0.15) is 32.6 Å². The molecule has 0 aliphatic carbocycles. The summed E-state index contributed by atoms with van der Waals surface area (Å²) in [6, 6.07) is 1.69. The van der Waals surface area contributed by atoms with Crippen molar-refractivity contribution in [3.05, 3.63) is 10.6 Å². The topological polar surface area (TPSA) is 122 Å². The van der Waals surface area contributed by atoms with Crippen LogP contribution in [0, 0.1) is 23.2 Å². The fourth-order valence-electron chi connectivity index (χ4n) is 3.53. The van der Waals surface area contributed by atoms with Crippen LogP contribution in [0.15, 0.2) is 10.6 Å². The first-order valence-corrected chi connectivity index (χ1v) is 9.03. The van der Waals surface area contributed by atoms with Gasteiger partial charge in [-0.3, -0.25) is 4.79 Å². The zero-order chi connectivity index (χ0) is 17.9. The molecule has 0 bridgehead atoms. The summed E-state index contributed by atoms with van der Waals surface area (Å²) >= 11 is 1.31. The van der Waals surface area contributed by atoms with E-state index >= 15 is 0 Å². The minimum atomic E-state index is -1.15. The number of nitrogens with zero attached hydrogens (tertiary/aromatic N) is 2. The SMILES string of the molecule is C[C@@H](O)[C@H]1C(=O)N2C(C(=O)O)=C(SCCC#N)[C@H](CCCCO)[C@H]12. The number of hydrogen-bond acceptors (Lipinski definition) is 6. The number of aliphatic carboxylic acids is 1. The number of hydrogen-bond donors (Lipinski definition) is 3. The van der Waals surface area contributed by atoms with E-state index in [1.165, 1.54) is 16.7 Å².